The molecule has 3 rings (SSSR count). The molecule has 1 aliphatic heterocycles. The minimum absolute atomic E-state index is 0. The van der Waals surface area contributed by atoms with Gasteiger partial charge in [0.25, 0.3) is 0 Å². The molecule has 0 aliphatic carbocycles. The average molecular weight is 572 g/mol. The number of methoxy groups -OCH3 is 2. The minimum Gasteiger partial charge on any atom is -0.497 e. The summed E-state index contributed by atoms with van der Waals surface area (Å²) < 4.78 is 16.1. The van der Waals surface area contributed by atoms with E-state index in [9.17, 15) is 0 Å². The normalized spacial score (nSPS) is 16.5. The van der Waals surface area contributed by atoms with E-state index in [2.05, 4.69) is 56.6 Å². The molecule has 2 heterocycles. The monoisotopic (exact) mass is 572 g/mol. The second kappa shape index (κ2) is 13.6. The minimum atomic E-state index is 0. The number of hydrogen-bond donors (Lipinski definition) is 2. The number of nitrogens with zero attached hydrogens (tertiary/aromatic N) is 4. The van der Waals surface area contributed by atoms with Crippen LogP contribution < -0.4 is 20.1 Å². The van der Waals surface area contributed by atoms with Crippen molar-refractivity contribution in [3.8, 4) is 11.5 Å². The number of ether oxygens (including phenoxy) is 2. The zero-order chi connectivity index (χ0) is 22.9. The van der Waals surface area contributed by atoms with Gasteiger partial charge in [0.2, 0.25) is 5.89 Å². The summed E-state index contributed by atoms with van der Waals surface area (Å²) in [5.74, 6) is 4.21. The lowest BCUT2D eigenvalue weighted by Gasteiger charge is -2.19. The van der Waals surface area contributed by atoms with Crippen molar-refractivity contribution in [2.45, 2.75) is 51.6 Å². The van der Waals surface area contributed by atoms with E-state index in [1.807, 2.05) is 6.07 Å². The van der Waals surface area contributed by atoms with Gasteiger partial charge < -0.3 is 24.6 Å². The molecule has 1 saturated heterocycles. The van der Waals surface area contributed by atoms with Crippen LogP contribution in [0.1, 0.15) is 49.9 Å². The third-order valence-corrected chi connectivity index (χ3v) is 5.51. The Balaban J connectivity index is 0.00000385. The van der Waals surface area contributed by atoms with E-state index in [4.69, 9.17) is 14.0 Å². The lowest BCUT2D eigenvalue weighted by molar-refractivity contribution is 0.321. The van der Waals surface area contributed by atoms with Gasteiger partial charge in [0.15, 0.2) is 11.8 Å². The molecule has 0 saturated carbocycles. The lowest BCUT2D eigenvalue weighted by Crippen LogP contribution is -2.44. The number of guanidine groups is 1. The zero-order valence-electron chi connectivity index (χ0n) is 20.3. The standard InChI is InChI=1S/C23H36N6O3.HI/c1-16(2)22-27-21(32-28-22)7-6-9-25-23(24-3)26-18-8-10-29(15-18)14-17-11-19(30-4)13-20(12-17)31-5;/h11-13,16,18H,6-10,14-15H2,1-5H3,(H2,24,25,26);1H. The van der Waals surface area contributed by atoms with Crippen molar-refractivity contribution in [2.75, 3.05) is 40.9 Å². The Morgan fingerprint density at radius 3 is 2.58 bits per heavy atom. The molecule has 1 unspecified atom stereocenters. The topological polar surface area (TPSA) is 97.0 Å². The van der Waals surface area contributed by atoms with Gasteiger partial charge in [-0.2, -0.15) is 4.98 Å². The molecule has 1 aromatic carbocycles. The first-order valence-electron chi connectivity index (χ1n) is 11.2. The highest BCUT2D eigenvalue weighted by atomic mass is 127. The predicted molar refractivity (Wildman–Crippen MR) is 140 cm³/mol. The zero-order valence-corrected chi connectivity index (χ0v) is 22.6. The molecule has 0 radical (unpaired) electrons. The molecular weight excluding hydrogens is 535 g/mol. The maximum Gasteiger partial charge on any atom is 0.226 e. The fourth-order valence-electron chi connectivity index (χ4n) is 3.75. The Kier molecular flexibility index (Phi) is 11.2. The van der Waals surface area contributed by atoms with Crippen LogP contribution in [0, 0.1) is 0 Å². The van der Waals surface area contributed by atoms with Crippen molar-refractivity contribution in [1.82, 2.24) is 25.7 Å². The van der Waals surface area contributed by atoms with Crippen LogP contribution in [0.4, 0.5) is 0 Å². The van der Waals surface area contributed by atoms with Gasteiger partial charge in [-0.1, -0.05) is 19.0 Å². The van der Waals surface area contributed by atoms with Gasteiger partial charge in [0, 0.05) is 57.7 Å². The summed E-state index contributed by atoms with van der Waals surface area (Å²) in [6.07, 6.45) is 2.72. The first-order valence-corrected chi connectivity index (χ1v) is 11.2. The molecule has 0 spiro atoms. The van der Waals surface area contributed by atoms with Crippen molar-refractivity contribution in [3.63, 3.8) is 0 Å². The van der Waals surface area contributed by atoms with Crippen molar-refractivity contribution < 1.29 is 14.0 Å². The fourth-order valence-corrected chi connectivity index (χ4v) is 3.75. The summed E-state index contributed by atoms with van der Waals surface area (Å²) in [5, 5.41) is 10.9. The Bertz CT molecular complexity index is 867. The fraction of sp³-hybridized carbons (Fsp3) is 0.609. The van der Waals surface area contributed by atoms with Crippen LogP contribution in [0.25, 0.3) is 0 Å². The van der Waals surface area contributed by atoms with Crippen LogP contribution in [-0.4, -0.2) is 67.9 Å². The molecule has 10 heteroatoms. The van der Waals surface area contributed by atoms with Crippen LogP contribution in [0.15, 0.2) is 27.7 Å². The van der Waals surface area contributed by atoms with E-state index in [0.29, 0.717) is 11.9 Å². The highest BCUT2D eigenvalue weighted by Crippen LogP contribution is 2.24. The van der Waals surface area contributed by atoms with Crippen LogP contribution in [-0.2, 0) is 13.0 Å². The third-order valence-electron chi connectivity index (χ3n) is 5.51. The summed E-state index contributed by atoms with van der Waals surface area (Å²) >= 11 is 0. The van der Waals surface area contributed by atoms with E-state index in [0.717, 1.165) is 68.7 Å². The highest BCUT2D eigenvalue weighted by molar-refractivity contribution is 14.0. The van der Waals surface area contributed by atoms with Crippen molar-refractivity contribution in [3.05, 3.63) is 35.5 Å². The molecule has 2 aromatic rings. The van der Waals surface area contributed by atoms with Crippen molar-refractivity contribution in [1.29, 1.82) is 0 Å². The number of benzene rings is 1. The van der Waals surface area contributed by atoms with Gasteiger partial charge in [-0.25, -0.2) is 0 Å². The Morgan fingerprint density at radius 2 is 1.97 bits per heavy atom. The second-order valence-corrected chi connectivity index (χ2v) is 8.39. The van der Waals surface area contributed by atoms with Crippen LogP contribution in [0.2, 0.25) is 0 Å². The molecule has 1 aliphatic rings. The van der Waals surface area contributed by atoms with Crippen LogP contribution >= 0.6 is 24.0 Å². The van der Waals surface area contributed by atoms with Gasteiger partial charge in [0.1, 0.15) is 11.5 Å². The molecule has 1 fully saturated rings. The van der Waals surface area contributed by atoms with E-state index in [1.54, 1.807) is 21.3 Å². The van der Waals surface area contributed by atoms with E-state index < -0.39 is 0 Å². The largest absolute Gasteiger partial charge is 0.497 e. The summed E-state index contributed by atoms with van der Waals surface area (Å²) in [6, 6.07) is 6.39. The second-order valence-electron chi connectivity index (χ2n) is 8.39. The quantitative estimate of drug-likeness (QED) is 0.194. The smallest absolute Gasteiger partial charge is 0.226 e. The van der Waals surface area contributed by atoms with Gasteiger partial charge in [0.05, 0.1) is 14.2 Å². The number of aliphatic imine (C=N–C) groups is 1. The number of rotatable bonds is 10. The van der Waals surface area contributed by atoms with E-state index in [-0.39, 0.29) is 29.9 Å². The van der Waals surface area contributed by atoms with Crippen molar-refractivity contribution >= 4 is 29.9 Å². The van der Waals surface area contributed by atoms with Crippen LogP contribution in [0.3, 0.4) is 0 Å². The van der Waals surface area contributed by atoms with Crippen LogP contribution in [0.5, 0.6) is 11.5 Å². The SMILES string of the molecule is CN=C(NCCCc1nc(C(C)C)no1)NC1CCN(Cc2cc(OC)cc(OC)c2)C1.I. The van der Waals surface area contributed by atoms with Crippen molar-refractivity contribution in [2.24, 2.45) is 4.99 Å². The molecule has 9 nitrogen and oxygen atoms in total. The van der Waals surface area contributed by atoms with E-state index >= 15 is 0 Å². The predicted octanol–water partition coefficient (Wildman–Crippen LogP) is 3.20. The number of aromatic nitrogens is 2. The molecule has 0 bridgehead atoms. The number of likely N-dealkylation sites (tertiary alicyclic amines) is 1. The summed E-state index contributed by atoms with van der Waals surface area (Å²) in [5.41, 5.74) is 1.19. The van der Waals surface area contributed by atoms with E-state index in [1.165, 1.54) is 5.56 Å². The molecule has 1 atom stereocenters. The van der Waals surface area contributed by atoms with Gasteiger partial charge in [-0.3, -0.25) is 9.89 Å². The Morgan fingerprint density at radius 1 is 1.24 bits per heavy atom. The Hall–Kier alpha value is -2.08. The number of aryl methyl sites for hydroxylation is 1. The number of hydrogen-bond acceptors (Lipinski definition) is 7. The maximum absolute atomic E-state index is 5.39. The summed E-state index contributed by atoms with van der Waals surface area (Å²) in [7, 11) is 5.16. The van der Waals surface area contributed by atoms with Gasteiger partial charge in [-0.15, -0.1) is 24.0 Å². The molecular formula is C23H37IN6O3. The first kappa shape index (κ1) is 27.2. The number of nitrogens with one attached hydrogen (secondary N) is 2. The molecule has 2 N–H and O–H groups in total. The molecule has 1 aromatic heterocycles. The van der Waals surface area contributed by atoms with Gasteiger partial charge in [-0.05, 0) is 30.5 Å². The molecule has 184 valence electrons. The number of halogens is 1. The summed E-state index contributed by atoms with van der Waals surface area (Å²) in [4.78, 5) is 11.2. The summed E-state index contributed by atoms with van der Waals surface area (Å²) in [6.45, 7) is 7.76. The average Bonchev–Trinajstić information content (AvgIpc) is 3.45. The highest BCUT2D eigenvalue weighted by Gasteiger charge is 2.23. The first-order chi connectivity index (χ1) is 15.5. The Labute approximate surface area is 213 Å². The maximum atomic E-state index is 5.39. The third kappa shape index (κ3) is 8.33. The lowest BCUT2D eigenvalue weighted by atomic mass is 10.2. The van der Waals surface area contributed by atoms with Gasteiger partial charge >= 0.3 is 0 Å². The molecule has 0 amide bonds. The molecule has 33 heavy (non-hydrogen) atoms.